The minimum Gasteiger partial charge on any atom is -0.315 e. The minimum atomic E-state index is 1.08. The van der Waals surface area contributed by atoms with Gasteiger partial charge in [-0.1, -0.05) is 96.8 Å². The van der Waals surface area contributed by atoms with E-state index < -0.39 is 0 Å². The van der Waals surface area contributed by atoms with Crippen molar-refractivity contribution in [3.8, 4) is 0 Å². The number of rotatable bonds is 19. The van der Waals surface area contributed by atoms with Crippen LogP contribution in [0.3, 0.4) is 0 Å². The highest BCUT2D eigenvalue weighted by molar-refractivity contribution is 4.66. The second-order valence-electron chi connectivity index (χ2n) is 7.98. The van der Waals surface area contributed by atoms with E-state index in [0.29, 0.717) is 0 Å². The van der Waals surface area contributed by atoms with E-state index in [1.807, 2.05) is 0 Å². The van der Waals surface area contributed by atoms with Crippen molar-refractivity contribution in [2.75, 3.05) is 39.4 Å². The Morgan fingerprint density at radius 2 is 1.20 bits per heavy atom. The summed E-state index contributed by atoms with van der Waals surface area (Å²) < 4.78 is 0. The van der Waals surface area contributed by atoms with Crippen molar-refractivity contribution in [3.63, 3.8) is 0 Å². The largest absolute Gasteiger partial charge is 0.315 e. The summed E-state index contributed by atoms with van der Waals surface area (Å²) in [4.78, 5) is 2.49. The SMILES string of the molecule is CCCCCCCCCCCCCCCCCNCCN1CCNC1. The quantitative estimate of drug-likeness (QED) is 0.308. The molecule has 1 fully saturated rings. The average Bonchev–Trinajstić information content (AvgIpc) is 3.14. The summed E-state index contributed by atoms with van der Waals surface area (Å²) in [5, 5.41) is 6.97. The zero-order valence-electron chi connectivity index (χ0n) is 17.3. The van der Waals surface area contributed by atoms with Gasteiger partial charge in [0.1, 0.15) is 0 Å². The van der Waals surface area contributed by atoms with Crippen LogP contribution in [0.25, 0.3) is 0 Å². The number of nitrogens with one attached hydrogen (secondary N) is 2. The van der Waals surface area contributed by atoms with Gasteiger partial charge in [0, 0.05) is 32.8 Å². The molecule has 3 nitrogen and oxygen atoms in total. The Hall–Kier alpha value is -0.120. The molecule has 1 heterocycles. The molecule has 1 saturated heterocycles. The van der Waals surface area contributed by atoms with Gasteiger partial charge in [0.05, 0.1) is 0 Å². The molecule has 0 spiro atoms. The molecule has 2 N–H and O–H groups in total. The van der Waals surface area contributed by atoms with Crippen LogP contribution in [0.4, 0.5) is 0 Å². The predicted molar refractivity (Wildman–Crippen MR) is 112 cm³/mol. The van der Waals surface area contributed by atoms with Gasteiger partial charge in [-0.3, -0.25) is 4.90 Å². The van der Waals surface area contributed by atoms with Crippen LogP contribution in [0.15, 0.2) is 0 Å². The average molecular weight is 354 g/mol. The zero-order valence-corrected chi connectivity index (χ0v) is 17.3. The number of nitrogens with zero attached hydrogens (tertiary/aromatic N) is 1. The Kier molecular flexibility index (Phi) is 17.1. The molecule has 0 aromatic rings. The summed E-state index contributed by atoms with van der Waals surface area (Å²) in [5.74, 6) is 0. The summed E-state index contributed by atoms with van der Waals surface area (Å²) in [7, 11) is 0. The van der Waals surface area contributed by atoms with Gasteiger partial charge in [-0.2, -0.15) is 0 Å². The predicted octanol–water partition coefficient (Wildman–Crippen LogP) is 5.31. The molecule has 0 bridgehead atoms. The second-order valence-corrected chi connectivity index (χ2v) is 7.98. The first-order valence-electron chi connectivity index (χ1n) is 11.6. The Morgan fingerprint density at radius 3 is 1.68 bits per heavy atom. The fourth-order valence-electron chi connectivity index (χ4n) is 3.73. The molecule has 0 aromatic carbocycles. The van der Waals surface area contributed by atoms with E-state index in [2.05, 4.69) is 22.5 Å². The van der Waals surface area contributed by atoms with Crippen molar-refractivity contribution in [1.82, 2.24) is 15.5 Å². The monoisotopic (exact) mass is 353 g/mol. The van der Waals surface area contributed by atoms with Gasteiger partial charge in [-0.15, -0.1) is 0 Å². The highest BCUT2D eigenvalue weighted by atomic mass is 15.3. The lowest BCUT2D eigenvalue weighted by Gasteiger charge is -2.13. The summed E-state index contributed by atoms with van der Waals surface area (Å²) in [5.41, 5.74) is 0. The van der Waals surface area contributed by atoms with E-state index in [1.54, 1.807) is 0 Å². The van der Waals surface area contributed by atoms with Crippen molar-refractivity contribution in [3.05, 3.63) is 0 Å². The third-order valence-electron chi connectivity index (χ3n) is 5.50. The first kappa shape index (κ1) is 22.9. The second kappa shape index (κ2) is 18.7. The van der Waals surface area contributed by atoms with Gasteiger partial charge in [0.15, 0.2) is 0 Å². The lowest BCUT2D eigenvalue weighted by atomic mass is 10.0. The highest BCUT2D eigenvalue weighted by Gasteiger charge is 2.08. The van der Waals surface area contributed by atoms with E-state index in [1.165, 1.54) is 122 Å². The standard InChI is InChI=1S/C22H47N3/c1-2-3-4-5-6-7-8-9-10-11-12-13-14-15-16-17-23-18-20-25-21-19-24-22-25/h23-24H,2-22H2,1H3. The van der Waals surface area contributed by atoms with E-state index in [0.717, 1.165) is 13.2 Å². The Morgan fingerprint density at radius 1 is 0.680 bits per heavy atom. The van der Waals surface area contributed by atoms with Crippen LogP contribution in [-0.4, -0.2) is 44.3 Å². The molecule has 1 aliphatic heterocycles. The third kappa shape index (κ3) is 15.8. The summed E-state index contributed by atoms with van der Waals surface area (Å²) in [6, 6.07) is 0. The van der Waals surface area contributed by atoms with Crippen LogP contribution >= 0.6 is 0 Å². The van der Waals surface area contributed by atoms with Crippen LogP contribution in [-0.2, 0) is 0 Å². The summed E-state index contributed by atoms with van der Waals surface area (Å²) in [6.07, 6.45) is 21.7. The van der Waals surface area contributed by atoms with E-state index in [9.17, 15) is 0 Å². The fourth-order valence-corrected chi connectivity index (χ4v) is 3.73. The fraction of sp³-hybridized carbons (Fsp3) is 1.00. The van der Waals surface area contributed by atoms with Crippen LogP contribution in [0, 0.1) is 0 Å². The van der Waals surface area contributed by atoms with Crippen molar-refractivity contribution in [1.29, 1.82) is 0 Å². The van der Waals surface area contributed by atoms with Crippen LogP contribution in [0.1, 0.15) is 103 Å². The molecule has 0 atom stereocenters. The van der Waals surface area contributed by atoms with Gasteiger partial charge in [-0.25, -0.2) is 0 Å². The Balaban J connectivity index is 1.63. The van der Waals surface area contributed by atoms with Gasteiger partial charge in [-0.05, 0) is 13.0 Å². The summed E-state index contributed by atoms with van der Waals surface area (Å²) >= 11 is 0. The van der Waals surface area contributed by atoms with Crippen molar-refractivity contribution < 1.29 is 0 Å². The molecule has 0 amide bonds. The van der Waals surface area contributed by atoms with Gasteiger partial charge in [0.2, 0.25) is 0 Å². The molecule has 1 rings (SSSR count). The first-order chi connectivity index (χ1) is 12.4. The third-order valence-corrected chi connectivity index (χ3v) is 5.50. The number of hydrogen-bond acceptors (Lipinski definition) is 3. The molecule has 0 aromatic heterocycles. The highest BCUT2D eigenvalue weighted by Crippen LogP contribution is 2.13. The Labute approximate surface area is 158 Å². The van der Waals surface area contributed by atoms with Crippen molar-refractivity contribution in [2.24, 2.45) is 0 Å². The maximum Gasteiger partial charge on any atom is 0.0481 e. The molecular formula is C22H47N3. The number of hydrogen-bond donors (Lipinski definition) is 2. The first-order valence-corrected chi connectivity index (χ1v) is 11.6. The van der Waals surface area contributed by atoms with Crippen LogP contribution < -0.4 is 10.6 Å². The van der Waals surface area contributed by atoms with Gasteiger partial charge in [0.25, 0.3) is 0 Å². The van der Waals surface area contributed by atoms with E-state index >= 15 is 0 Å². The summed E-state index contributed by atoms with van der Waals surface area (Å²) in [6.45, 7) is 9.33. The maximum atomic E-state index is 3.59. The van der Waals surface area contributed by atoms with Crippen LogP contribution in [0.2, 0.25) is 0 Å². The van der Waals surface area contributed by atoms with Crippen molar-refractivity contribution >= 4 is 0 Å². The lowest BCUT2D eigenvalue weighted by Crippen LogP contribution is -2.31. The van der Waals surface area contributed by atoms with Crippen LogP contribution in [0.5, 0.6) is 0 Å². The molecule has 25 heavy (non-hydrogen) atoms. The molecule has 0 aliphatic carbocycles. The molecule has 0 unspecified atom stereocenters. The maximum absolute atomic E-state index is 3.59. The Bertz CT molecular complexity index is 252. The molecule has 0 radical (unpaired) electrons. The normalized spacial score (nSPS) is 15.2. The topological polar surface area (TPSA) is 27.3 Å². The van der Waals surface area contributed by atoms with Crippen molar-refractivity contribution in [2.45, 2.75) is 103 Å². The smallest absolute Gasteiger partial charge is 0.0481 e. The number of unbranched alkanes of at least 4 members (excludes halogenated alkanes) is 14. The molecule has 1 aliphatic rings. The lowest BCUT2D eigenvalue weighted by molar-refractivity contribution is 0.331. The molecule has 3 heteroatoms. The van der Waals surface area contributed by atoms with Gasteiger partial charge >= 0.3 is 0 Å². The molecular weight excluding hydrogens is 306 g/mol. The van der Waals surface area contributed by atoms with E-state index in [-0.39, 0.29) is 0 Å². The zero-order chi connectivity index (χ0) is 17.8. The minimum absolute atomic E-state index is 1.08. The van der Waals surface area contributed by atoms with Gasteiger partial charge < -0.3 is 10.6 Å². The molecule has 150 valence electrons. The molecule has 0 saturated carbocycles. The van der Waals surface area contributed by atoms with E-state index in [4.69, 9.17) is 0 Å².